The molecule has 1 aliphatic heterocycles. The molecule has 3 unspecified atom stereocenters. The lowest BCUT2D eigenvalue weighted by atomic mass is 9.99. The van der Waals surface area contributed by atoms with E-state index in [4.69, 9.17) is 20.7 Å². The maximum absolute atomic E-state index is 9.17. The molecule has 1 fully saturated rings. The van der Waals surface area contributed by atoms with Gasteiger partial charge in [-0.05, 0) is 6.92 Å². The Hall–Kier alpha value is -0.200. The number of ether oxygens (including phenoxy) is 1. The summed E-state index contributed by atoms with van der Waals surface area (Å²) in [5.74, 6) is 0. The van der Waals surface area contributed by atoms with Crippen molar-refractivity contribution in [1.29, 1.82) is 0 Å². The molecule has 0 aromatic carbocycles. The van der Waals surface area contributed by atoms with E-state index in [2.05, 4.69) is 0 Å². The molecule has 0 aromatic heterocycles. The van der Waals surface area contributed by atoms with Gasteiger partial charge in [-0.1, -0.05) is 0 Å². The smallest absolute Gasteiger partial charge is 0.172 e. The molecular formula is C6H13NO4. The molecule has 0 bridgehead atoms. The highest BCUT2D eigenvalue weighted by Gasteiger charge is 2.39. The second kappa shape index (κ2) is 3.04. The first-order valence-corrected chi connectivity index (χ1v) is 3.49. The Kier molecular flexibility index (Phi) is 2.46. The summed E-state index contributed by atoms with van der Waals surface area (Å²) in [6.07, 6.45) is -3.91. The van der Waals surface area contributed by atoms with Gasteiger partial charge in [0, 0.05) is 0 Å². The largest absolute Gasteiger partial charge is 0.388 e. The minimum Gasteiger partial charge on any atom is -0.388 e. The maximum atomic E-state index is 9.17. The Morgan fingerprint density at radius 2 is 1.73 bits per heavy atom. The lowest BCUT2D eigenvalue weighted by Gasteiger charge is -2.37. The van der Waals surface area contributed by atoms with Gasteiger partial charge in [-0.3, -0.25) is 0 Å². The fourth-order valence-corrected chi connectivity index (χ4v) is 1.07. The lowest BCUT2D eigenvalue weighted by molar-refractivity contribution is -0.236. The quantitative estimate of drug-likeness (QED) is 0.324. The van der Waals surface area contributed by atoms with Crippen molar-refractivity contribution in [2.24, 2.45) is 5.73 Å². The van der Waals surface area contributed by atoms with Crippen LogP contribution in [-0.2, 0) is 4.74 Å². The van der Waals surface area contributed by atoms with Crippen LogP contribution in [-0.4, -0.2) is 46.0 Å². The van der Waals surface area contributed by atoms with Crippen molar-refractivity contribution in [1.82, 2.24) is 0 Å². The van der Waals surface area contributed by atoms with Gasteiger partial charge >= 0.3 is 0 Å². The van der Waals surface area contributed by atoms with Crippen LogP contribution in [0.1, 0.15) is 6.92 Å². The molecule has 1 heterocycles. The monoisotopic (exact) mass is 163 g/mol. The molecule has 5 atom stereocenters. The van der Waals surface area contributed by atoms with E-state index < -0.39 is 30.6 Å². The molecular weight excluding hydrogens is 150 g/mol. The Morgan fingerprint density at radius 1 is 1.18 bits per heavy atom. The van der Waals surface area contributed by atoms with E-state index in [0.29, 0.717) is 0 Å². The van der Waals surface area contributed by atoms with Crippen LogP contribution in [0.3, 0.4) is 0 Å². The molecule has 5 nitrogen and oxygen atoms in total. The first-order chi connectivity index (χ1) is 5.04. The van der Waals surface area contributed by atoms with Crippen molar-refractivity contribution >= 4 is 0 Å². The molecule has 0 amide bonds. The predicted octanol–water partition coefficient (Wildman–Crippen LogP) is -2.23. The summed E-state index contributed by atoms with van der Waals surface area (Å²) in [6, 6.07) is -0.929. The molecule has 0 saturated carbocycles. The molecule has 66 valence electrons. The summed E-state index contributed by atoms with van der Waals surface area (Å²) in [4.78, 5) is 0. The first-order valence-electron chi connectivity index (χ1n) is 3.49. The van der Waals surface area contributed by atoms with Gasteiger partial charge in [-0.2, -0.15) is 0 Å². The van der Waals surface area contributed by atoms with Crippen LogP contribution in [0, 0.1) is 0 Å². The highest BCUT2D eigenvalue weighted by molar-refractivity contribution is 4.88. The van der Waals surface area contributed by atoms with E-state index in [1.807, 2.05) is 0 Å². The number of rotatable bonds is 0. The van der Waals surface area contributed by atoms with Crippen LogP contribution in [0.25, 0.3) is 0 Å². The fraction of sp³-hybridized carbons (Fsp3) is 1.00. The van der Waals surface area contributed by atoms with E-state index in [9.17, 15) is 5.11 Å². The number of hydrogen-bond acceptors (Lipinski definition) is 5. The van der Waals surface area contributed by atoms with Gasteiger partial charge in [0.05, 0.1) is 12.1 Å². The molecule has 0 aromatic rings. The molecule has 5 N–H and O–H groups in total. The molecule has 1 aliphatic rings. The van der Waals surface area contributed by atoms with E-state index in [0.717, 1.165) is 0 Å². The Bertz CT molecular complexity index is 129. The minimum atomic E-state index is -1.19. The molecule has 0 aliphatic carbocycles. The number of aliphatic hydroxyl groups excluding tert-OH is 3. The average molecular weight is 163 g/mol. The van der Waals surface area contributed by atoms with Crippen LogP contribution >= 0.6 is 0 Å². The van der Waals surface area contributed by atoms with E-state index in [-0.39, 0.29) is 0 Å². The third kappa shape index (κ3) is 1.52. The Balaban J connectivity index is 2.63. The molecule has 1 rings (SSSR count). The lowest BCUT2D eigenvalue weighted by Crippen LogP contribution is -2.60. The average Bonchev–Trinajstić information content (AvgIpc) is 1.97. The second-order valence-electron chi connectivity index (χ2n) is 2.79. The van der Waals surface area contributed by atoms with E-state index in [1.54, 1.807) is 6.92 Å². The Morgan fingerprint density at radius 3 is 2.27 bits per heavy atom. The summed E-state index contributed by atoms with van der Waals surface area (Å²) < 4.78 is 4.80. The van der Waals surface area contributed by atoms with Gasteiger partial charge < -0.3 is 25.8 Å². The van der Waals surface area contributed by atoms with Gasteiger partial charge in [0.2, 0.25) is 0 Å². The van der Waals surface area contributed by atoms with Gasteiger partial charge in [-0.25, -0.2) is 0 Å². The van der Waals surface area contributed by atoms with Crippen molar-refractivity contribution in [3.05, 3.63) is 0 Å². The summed E-state index contributed by atoms with van der Waals surface area (Å²) in [5.41, 5.74) is 5.29. The summed E-state index contributed by atoms with van der Waals surface area (Å²) in [6.45, 7) is 1.56. The van der Waals surface area contributed by atoms with Crippen molar-refractivity contribution in [3.63, 3.8) is 0 Å². The van der Waals surface area contributed by atoms with Crippen LogP contribution in [0.4, 0.5) is 0 Å². The van der Waals surface area contributed by atoms with Gasteiger partial charge in [0.15, 0.2) is 6.29 Å². The highest BCUT2D eigenvalue weighted by atomic mass is 16.6. The number of nitrogens with two attached hydrogens (primary N) is 1. The van der Waals surface area contributed by atoms with E-state index >= 15 is 0 Å². The van der Waals surface area contributed by atoms with Crippen molar-refractivity contribution < 1.29 is 20.1 Å². The van der Waals surface area contributed by atoms with Gasteiger partial charge in [0.25, 0.3) is 0 Å². The molecule has 1 saturated heterocycles. The minimum absolute atomic E-state index is 0.584. The normalized spacial score (nSPS) is 52.6. The maximum Gasteiger partial charge on any atom is 0.172 e. The van der Waals surface area contributed by atoms with Crippen LogP contribution in [0.2, 0.25) is 0 Å². The zero-order valence-electron chi connectivity index (χ0n) is 6.21. The summed E-state index contributed by atoms with van der Waals surface area (Å²) in [5, 5.41) is 27.4. The third-order valence-electron chi connectivity index (χ3n) is 1.91. The second-order valence-corrected chi connectivity index (χ2v) is 2.79. The van der Waals surface area contributed by atoms with Crippen LogP contribution in [0.5, 0.6) is 0 Å². The van der Waals surface area contributed by atoms with E-state index in [1.165, 1.54) is 0 Å². The molecule has 0 spiro atoms. The topological polar surface area (TPSA) is 95.9 Å². The predicted molar refractivity (Wildman–Crippen MR) is 36.5 cm³/mol. The number of aliphatic hydroxyl groups is 3. The van der Waals surface area contributed by atoms with Crippen LogP contribution < -0.4 is 5.73 Å². The molecule has 0 radical (unpaired) electrons. The summed E-state index contributed by atoms with van der Waals surface area (Å²) >= 11 is 0. The summed E-state index contributed by atoms with van der Waals surface area (Å²) in [7, 11) is 0. The van der Waals surface area contributed by atoms with Crippen molar-refractivity contribution in [2.45, 2.75) is 37.6 Å². The Labute approximate surface area is 64.4 Å². The highest BCUT2D eigenvalue weighted by Crippen LogP contribution is 2.17. The van der Waals surface area contributed by atoms with Crippen LogP contribution in [0.15, 0.2) is 0 Å². The van der Waals surface area contributed by atoms with Gasteiger partial charge in [-0.15, -0.1) is 0 Å². The molecule has 5 heteroatoms. The zero-order valence-corrected chi connectivity index (χ0v) is 6.21. The number of hydrogen-bond donors (Lipinski definition) is 4. The SMILES string of the molecule is CC1O[C@H](O)C(N)C(O)[C@H]1O. The van der Waals surface area contributed by atoms with Crippen molar-refractivity contribution in [2.75, 3.05) is 0 Å². The van der Waals surface area contributed by atoms with Crippen molar-refractivity contribution in [3.8, 4) is 0 Å². The standard InChI is InChI=1S/C6H13NO4/c1-2-4(8)5(9)3(7)6(10)11-2/h2-6,8-10H,7H2,1H3/t2?,3?,4-,5?,6-/m0/s1. The first kappa shape index (κ1) is 8.89. The van der Waals surface area contributed by atoms with Gasteiger partial charge in [0.1, 0.15) is 12.2 Å². The third-order valence-corrected chi connectivity index (χ3v) is 1.91. The fourth-order valence-electron chi connectivity index (χ4n) is 1.07. The molecule has 11 heavy (non-hydrogen) atoms. The zero-order chi connectivity index (χ0) is 8.59.